The molecule has 1 aromatic rings. The molecule has 2 N–H and O–H groups in total. The van der Waals surface area contributed by atoms with Crippen molar-refractivity contribution in [2.45, 2.75) is 49.5 Å². The molecule has 1 aliphatic carbocycles. The van der Waals surface area contributed by atoms with Crippen molar-refractivity contribution in [3.8, 4) is 0 Å². The highest BCUT2D eigenvalue weighted by Gasteiger charge is 2.36. The smallest absolute Gasteiger partial charge is 0.191 e. The van der Waals surface area contributed by atoms with Gasteiger partial charge in [0.25, 0.3) is 0 Å². The first kappa shape index (κ1) is 20.6. The Morgan fingerprint density at radius 3 is 2.30 bits per heavy atom. The van der Waals surface area contributed by atoms with Gasteiger partial charge >= 0.3 is 0 Å². The van der Waals surface area contributed by atoms with Gasteiger partial charge in [-0.25, -0.2) is 0 Å². The SMILES string of the molecule is CN=C(NCC1(OC)CCOCC1)NCC1(c2ccc(Br)cc2)CCCC1. The van der Waals surface area contributed by atoms with E-state index in [4.69, 9.17) is 9.47 Å². The number of nitrogens with zero attached hydrogens (tertiary/aromatic N) is 1. The number of rotatable bonds is 6. The van der Waals surface area contributed by atoms with Gasteiger partial charge in [0.05, 0.1) is 5.60 Å². The Morgan fingerprint density at radius 1 is 1.07 bits per heavy atom. The maximum absolute atomic E-state index is 5.82. The second kappa shape index (κ2) is 9.39. The molecular formula is C21H32BrN3O2. The molecule has 0 amide bonds. The molecule has 1 saturated carbocycles. The highest BCUT2D eigenvalue weighted by molar-refractivity contribution is 9.10. The molecule has 0 unspecified atom stereocenters. The van der Waals surface area contributed by atoms with Crippen LogP contribution in [0.2, 0.25) is 0 Å². The van der Waals surface area contributed by atoms with Gasteiger partial charge in [-0.15, -0.1) is 0 Å². The second-order valence-corrected chi connectivity index (χ2v) is 8.69. The third-order valence-corrected chi connectivity index (χ3v) is 6.78. The van der Waals surface area contributed by atoms with Gasteiger partial charge in [0.15, 0.2) is 5.96 Å². The van der Waals surface area contributed by atoms with Crippen LogP contribution in [-0.2, 0) is 14.9 Å². The molecule has 1 aliphatic heterocycles. The fourth-order valence-corrected chi connectivity index (χ4v) is 4.60. The van der Waals surface area contributed by atoms with Crippen molar-refractivity contribution in [3.05, 3.63) is 34.3 Å². The number of nitrogens with one attached hydrogen (secondary N) is 2. The van der Waals surface area contributed by atoms with Crippen molar-refractivity contribution in [2.75, 3.05) is 40.5 Å². The molecule has 1 aromatic carbocycles. The van der Waals surface area contributed by atoms with E-state index in [9.17, 15) is 0 Å². The standard InChI is InChI=1S/C21H32BrN3O2/c1-23-19(25-16-21(26-2)11-13-27-14-12-21)24-15-20(9-3-4-10-20)17-5-7-18(22)8-6-17/h5-8H,3-4,9-16H2,1-2H3,(H2,23,24,25). The van der Waals surface area contributed by atoms with Gasteiger partial charge in [-0.05, 0) is 30.5 Å². The molecule has 6 heteroatoms. The Hall–Kier alpha value is -1.11. The van der Waals surface area contributed by atoms with Crippen molar-refractivity contribution >= 4 is 21.9 Å². The average Bonchev–Trinajstić information content (AvgIpc) is 3.19. The summed E-state index contributed by atoms with van der Waals surface area (Å²) in [4.78, 5) is 4.44. The van der Waals surface area contributed by atoms with Crippen LogP contribution in [0.1, 0.15) is 44.1 Å². The van der Waals surface area contributed by atoms with Gasteiger partial charge in [-0.3, -0.25) is 4.99 Å². The van der Waals surface area contributed by atoms with Gasteiger partial charge in [-0.1, -0.05) is 40.9 Å². The fourth-order valence-electron chi connectivity index (χ4n) is 4.34. The number of hydrogen-bond acceptors (Lipinski definition) is 3. The molecule has 2 fully saturated rings. The first-order valence-electron chi connectivity index (χ1n) is 9.95. The summed E-state index contributed by atoms with van der Waals surface area (Å²) in [5.41, 5.74) is 1.45. The van der Waals surface area contributed by atoms with Crippen LogP contribution in [-0.4, -0.2) is 52.0 Å². The van der Waals surface area contributed by atoms with Crippen LogP contribution in [0.15, 0.2) is 33.7 Å². The van der Waals surface area contributed by atoms with Crippen molar-refractivity contribution in [1.29, 1.82) is 0 Å². The van der Waals surface area contributed by atoms with E-state index >= 15 is 0 Å². The van der Waals surface area contributed by atoms with E-state index in [-0.39, 0.29) is 11.0 Å². The Labute approximate surface area is 171 Å². The Kier molecular flexibility index (Phi) is 7.17. The lowest BCUT2D eigenvalue weighted by atomic mass is 9.79. The third kappa shape index (κ3) is 5.04. The summed E-state index contributed by atoms with van der Waals surface area (Å²) in [6.07, 6.45) is 6.84. The molecule has 0 aromatic heterocycles. The van der Waals surface area contributed by atoms with E-state index < -0.39 is 0 Å². The molecule has 3 rings (SSSR count). The van der Waals surface area contributed by atoms with Crippen LogP contribution in [0, 0.1) is 0 Å². The first-order valence-corrected chi connectivity index (χ1v) is 10.7. The van der Waals surface area contributed by atoms with E-state index in [1.54, 1.807) is 7.11 Å². The molecule has 2 aliphatic rings. The Morgan fingerprint density at radius 2 is 1.70 bits per heavy atom. The number of guanidine groups is 1. The van der Waals surface area contributed by atoms with Crippen molar-refractivity contribution in [3.63, 3.8) is 0 Å². The predicted molar refractivity (Wildman–Crippen MR) is 113 cm³/mol. The van der Waals surface area contributed by atoms with E-state index in [1.165, 1.54) is 31.2 Å². The number of hydrogen-bond donors (Lipinski definition) is 2. The number of aliphatic imine (C=N–C) groups is 1. The first-order chi connectivity index (χ1) is 13.1. The van der Waals surface area contributed by atoms with Gasteiger partial charge in [-0.2, -0.15) is 0 Å². The summed E-state index contributed by atoms with van der Waals surface area (Å²) in [6.45, 7) is 3.16. The minimum Gasteiger partial charge on any atom is -0.381 e. The normalized spacial score (nSPS) is 21.8. The number of halogens is 1. The maximum Gasteiger partial charge on any atom is 0.191 e. The summed E-state index contributed by atoms with van der Waals surface area (Å²) in [6, 6.07) is 8.82. The van der Waals surface area contributed by atoms with E-state index in [2.05, 4.69) is 55.8 Å². The van der Waals surface area contributed by atoms with Crippen LogP contribution in [0.4, 0.5) is 0 Å². The zero-order chi connectivity index (χ0) is 19.2. The average molecular weight is 438 g/mol. The second-order valence-electron chi connectivity index (χ2n) is 7.77. The number of benzene rings is 1. The lowest BCUT2D eigenvalue weighted by Gasteiger charge is -2.36. The zero-order valence-electron chi connectivity index (χ0n) is 16.5. The molecule has 5 nitrogen and oxygen atoms in total. The highest BCUT2D eigenvalue weighted by Crippen LogP contribution is 2.41. The quantitative estimate of drug-likeness (QED) is 0.526. The van der Waals surface area contributed by atoms with E-state index in [0.717, 1.165) is 49.6 Å². The van der Waals surface area contributed by atoms with Gasteiger partial charge in [0, 0.05) is 63.2 Å². The molecule has 0 spiro atoms. The van der Waals surface area contributed by atoms with Gasteiger partial charge in [0.2, 0.25) is 0 Å². The van der Waals surface area contributed by atoms with Gasteiger partial charge in [0.1, 0.15) is 0 Å². The lowest BCUT2D eigenvalue weighted by molar-refractivity contribution is -0.0855. The molecule has 0 radical (unpaired) electrons. The number of ether oxygens (including phenoxy) is 2. The molecule has 0 bridgehead atoms. The van der Waals surface area contributed by atoms with Gasteiger partial charge < -0.3 is 20.1 Å². The summed E-state index contributed by atoms with van der Waals surface area (Å²) >= 11 is 3.55. The molecule has 150 valence electrons. The minimum atomic E-state index is -0.160. The van der Waals surface area contributed by atoms with Crippen molar-refractivity contribution in [2.24, 2.45) is 4.99 Å². The number of methoxy groups -OCH3 is 1. The Bertz CT molecular complexity index is 621. The molecule has 1 heterocycles. The molecule has 1 saturated heterocycles. The van der Waals surface area contributed by atoms with Crippen LogP contribution < -0.4 is 10.6 Å². The van der Waals surface area contributed by atoms with E-state index in [0.29, 0.717) is 0 Å². The summed E-state index contributed by atoms with van der Waals surface area (Å²) in [5.74, 6) is 0.848. The predicted octanol–water partition coefficient (Wildman–Crippen LogP) is 3.62. The van der Waals surface area contributed by atoms with E-state index in [1.807, 2.05) is 7.05 Å². The highest BCUT2D eigenvalue weighted by atomic mass is 79.9. The lowest BCUT2D eigenvalue weighted by Crippen LogP contribution is -2.52. The van der Waals surface area contributed by atoms with Crippen LogP contribution in [0.5, 0.6) is 0 Å². The fraction of sp³-hybridized carbons (Fsp3) is 0.667. The summed E-state index contributed by atoms with van der Waals surface area (Å²) in [5, 5.41) is 7.07. The Balaban J connectivity index is 1.61. The molecular weight excluding hydrogens is 406 g/mol. The summed E-state index contributed by atoms with van der Waals surface area (Å²) < 4.78 is 12.4. The van der Waals surface area contributed by atoms with Crippen molar-refractivity contribution in [1.82, 2.24) is 10.6 Å². The minimum absolute atomic E-state index is 0.160. The topological polar surface area (TPSA) is 54.9 Å². The summed E-state index contributed by atoms with van der Waals surface area (Å²) in [7, 11) is 3.63. The molecule has 27 heavy (non-hydrogen) atoms. The maximum atomic E-state index is 5.82. The van der Waals surface area contributed by atoms with Crippen LogP contribution in [0.25, 0.3) is 0 Å². The largest absolute Gasteiger partial charge is 0.381 e. The third-order valence-electron chi connectivity index (χ3n) is 6.25. The molecule has 0 atom stereocenters. The van der Waals surface area contributed by atoms with Crippen molar-refractivity contribution < 1.29 is 9.47 Å². The van der Waals surface area contributed by atoms with Crippen LogP contribution in [0.3, 0.4) is 0 Å². The monoisotopic (exact) mass is 437 g/mol. The zero-order valence-corrected chi connectivity index (χ0v) is 18.1. The van der Waals surface area contributed by atoms with Crippen LogP contribution >= 0.6 is 15.9 Å².